The van der Waals surface area contributed by atoms with E-state index in [9.17, 15) is 4.79 Å². The summed E-state index contributed by atoms with van der Waals surface area (Å²) in [6.45, 7) is 2.74. The number of rotatable bonds is 4. The maximum Gasteiger partial charge on any atom is 0.337 e. The topological polar surface area (TPSA) is 106 Å². The van der Waals surface area contributed by atoms with E-state index in [1.54, 1.807) is 10.9 Å². The Morgan fingerprint density at radius 2 is 2.33 bits per heavy atom. The van der Waals surface area contributed by atoms with E-state index in [0.29, 0.717) is 5.82 Å². The lowest BCUT2D eigenvalue weighted by Gasteiger charge is -2.06. The molecule has 0 saturated carbocycles. The average molecular weight is 247 g/mol. The zero-order valence-corrected chi connectivity index (χ0v) is 9.79. The van der Waals surface area contributed by atoms with E-state index >= 15 is 0 Å². The van der Waals surface area contributed by atoms with Crippen LogP contribution in [0.15, 0.2) is 24.7 Å². The van der Waals surface area contributed by atoms with Gasteiger partial charge >= 0.3 is 5.97 Å². The van der Waals surface area contributed by atoms with Gasteiger partial charge in [0.1, 0.15) is 0 Å². The first-order valence-electron chi connectivity index (χ1n) is 5.38. The molecule has 94 valence electrons. The fourth-order valence-electron chi connectivity index (χ4n) is 1.44. The highest BCUT2D eigenvalue weighted by Gasteiger charge is 2.08. The summed E-state index contributed by atoms with van der Waals surface area (Å²) in [4.78, 5) is 14.7. The number of anilines is 3. The summed E-state index contributed by atoms with van der Waals surface area (Å²) < 4.78 is 1.75. The van der Waals surface area contributed by atoms with Gasteiger partial charge in [-0.3, -0.25) is 4.68 Å². The molecule has 7 heteroatoms. The van der Waals surface area contributed by atoms with Crippen LogP contribution in [-0.2, 0) is 6.54 Å². The lowest BCUT2D eigenvalue weighted by atomic mass is 10.2. The Hall–Kier alpha value is -2.57. The summed E-state index contributed by atoms with van der Waals surface area (Å²) >= 11 is 0. The van der Waals surface area contributed by atoms with E-state index in [-0.39, 0.29) is 11.3 Å². The van der Waals surface area contributed by atoms with Crippen molar-refractivity contribution in [3.05, 3.63) is 30.2 Å². The summed E-state index contributed by atoms with van der Waals surface area (Å²) in [6, 6.07) is 1.36. The number of nitrogen functional groups attached to an aromatic ring is 1. The molecule has 0 bridgehead atoms. The van der Waals surface area contributed by atoms with Gasteiger partial charge in [-0.15, -0.1) is 0 Å². The lowest BCUT2D eigenvalue weighted by molar-refractivity contribution is 0.0696. The van der Waals surface area contributed by atoms with Crippen molar-refractivity contribution >= 4 is 23.2 Å². The predicted octanol–water partition coefficient (Wildman–Crippen LogP) is 1.32. The Bertz CT molecular complexity index is 579. The number of aromatic carboxylic acids is 1. The molecule has 0 radical (unpaired) electrons. The van der Waals surface area contributed by atoms with E-state index in [2.05, 4.69) is 15.4 Å². The molecule has 2 aromatic heterocycles. The lowest BCUT2D eigenvalue weighted by Crippen LogP contribution is -2.03. The Kier molecular flexibility index (Phi) is 3.13. The molecule has 7 nitrogen and oxygen atoms in total. The predicted molar refractivity (Wildman–Crippen MR) is 66.8 cm³/mol. The number of nitrogens with one attached hydrogen (secondary N) is 1. The monoisotopic (exact) mass is 247 g/mol. The van der Waals surface area contributed by atoms with Crippen LogP contribution in [0.2, 0.25) is 0 Å². The first kappa shape index (κ1) is 11.9. The first-order chi connectivity index (χ1) is 8.60. The molecule has 0 spiro atoms. The number of carbonyl (C=O) groups is 1. The minimum Gasteiger partial charge on any atom is -0.478 e. The molecule has 0 amide bonds. The first-order valence-corrected chi connectivity index (χ1v) is 5.38. The number of hydrogen-bond acceptors (Lipinski definition) is 5. The van der Waals surface area contributed by atoms with Crippen LogP contribution in [-0.4, -0.2) is 25.8 Å². The summed E-state index contributed by atoms with van der Waals surface area (Å²) in [5.41, 5.74) is 6.81. The Balaban J connectivity index is 2.21. The maximum absolute atomic E-state index is 10.7. The third-order valence-electron chi connectivity index (χ3n) is 2.38. The zero-order chi connectivity index (χ0) is 13.1. The van der Waals surface area contributed by atoms with Crippen LogP contribution in [0.1, 0.15) is 17.3 Å². The van der Waals surface area contributed by atoms with Gasteiger partial charge in [-0.05, 0) is 13.0 Å². The van der Waals surface area contributed by atoms with Crippen molar-refractivity contribution in [2.75, 3.05) is 11.1 Å². The number of carboxylic acid groups (broad SMARTS) is 1. The smallest absolute Gasteiger partial charge is 0.337 e. The van der Waals surface area contributed by atoms with Gasteiger partial charge in [-0.25, -0.2) is 9.78 Å². The quantitative estimate of drug-likeness (QED) is 0.752. The van der Waals surface area contributed by atoms with Gasteiger partial charge in [-0.2, -0.15) is 5.10 Å². The van der Waals surface area contributed by atoms with Gasteiger partial charge in [0.05, 0.1) is 23.1 Å². The standard InChI is InChI=1S/C11H13N5O2/c1-2-16-6-8(5-14-16)15-10-9(12)3-7(4-13-10)11(17)18/h3-6H,2,12H2,1H3,(H,13,15)(H,17,18). The van der Waals surface area contributed by atoms with Crippen LogP contribution in [0.3, 0.4) is 0 Å². The maximum atomic E-state index is 10.7. The molecule has 0 aliphatic carbocycles. The van der Waals surface area contributed by atoms with Crippen molar-refractivity contribution in [1.29, 1.82) is 0 Å². The Labute approximate surface area is 103 Å². The highest BCUT2D eigenvalue weighted by molar-refractivity contribution is 5.89. The fraction of sp³-hybridized carbons (Fsp3) is 0.182. The summed E-state index contributed by atoms with van der Waals surface area (Å²) in [7, 11) is 0. The number of nitrogens with two attached hydrogens (primary N) is 1. The van der Waals surface area contributed by atoms with Crippen LogP contribution in [0.5, 0.6) is 0 Å². The van der Waals surface area contributed by atoms with Crippen LogP contribution >= 0.6 is 0 Å². The highest BCUT2D eigenvalue weighted by Crippen LogP contribution is 2.21. The van der Waals surface area contributed by atoms with E-state index in [1.165, 1.54) is 12.3 Å². The van der Waals surface area contributed by atoms with Crippen LogP contribution in [0, 0.1) is 0 Å². The van der Waals surface area contributed by atoms with Crippen molar-refractivity contribution < 1.29 is 9.90 Å². The SMILES string of the molecule is CCn1cc(Nc2ncc(C(=O)O)cc2N)cn1. The van der Waals surface area contributed by atoms with Crippen molar-refractivity contribution in [3.63, 3.8) is 0 Å². The number of nitrogens with zero attached hydrogens (tertiary/aromatic N) is 3. The second kappa shape index (κ2) is 4.74. The number of pyridine rings is 1. The third kappa shape index (κ3) is 2.40. The molecule has 0 unspecified atom stereocenters. The fourth-order valence-corrected chi connectivity index (χ4v) is 1.44. The van der Waals surface area contributed by atoms with Crippen LogP contribution < -0.4 is 11.1 Å². The molecule has 0 aromatic carbocycles. The molecule has 0 saturated heterocycles. The van der Waals surface area contributed by atoms with Crippen molar-refractivity contribution in [1.82, 2.24) is 14.8 Å². The minimum absolute atomic E-state index is 0.0577. The molecule has 0 aliphatic heterocycles. The largest absolute Gasteiger partial charge is 0.478 e. The van der Waals surface area contributed by atoms with Crippen LogP contribution in [0.25, 0.3) is 0 Å². The Morgan fingerprint density at radius 3 is 2.89 bits per heavy atom. The number of hydrogen-bond donors (Lipinski definition) is 3. The minimum atomic E-state index is -1.06. The van der Waals surface area contributed by atoms with Gasteiger partial charge in [0.25, 0.3) is 0 Å². The molecule has 2 heterocycles. The molecule has 0 atom stereocenters. The summed E-state index contributed by atoms with van der Waals surface area (Å²) in [5, 5.41) is 15.9. The zero-order valence-electron chi connectivity index (χ0n) is 9.79. The van der Waals surface area contributed by atoms with Crippen molar-refractivity contribution in [2.45, 2.75) is 13.5 Å². The van der Waals surface area contributed by atoms with Gasteiger partial charge in [0.2, 0.25) is 0 Å². The second-order valence-corrected chi connectivity index (χ2v) is 3.68. The van der Waals surface area contributed by atoms with Gasteiger partial charge in [0, 0.05) is 18.9 Å². The Morgan fingerprint density at radius 1 is 1.56 bits per heavy atom. The van der Waals surface area contributed by atoms with E-state index in [1.807, 2.05) is 13.1 Å². The molecule has 0 aliphatic rings. The molecular weight excluding hydrogens is 234 g/mol. The molecule has 2 aromatic rings. The molecule has 0 fully saturated rings. The van der Waals surface area contributed by atoms with E-state index < -0.39 is 5.97 Å². The van der Waals surface area contributed by atoms with Gasteiger partial charge in [-0.1, -0.05) is 0 Å². The van der Waals surface area contributed by atoms with E-state index in [0.717, 1.165) is 12.2 Å². The molecule has 4 N–H and O–H groups in total. The number of carboxylic acids is 1. The van der Waals surface area contributed by atoms with E-state index in [4.69, 9.17) is 10.8 Å². The van der Waals surface area contributed by atoms with Gasteiger partial charge < -0.3 is 16.2 Å². The second-order valence-electron chi connectivity index (χ2n) is 3.68. The highest BCUT2D eigenvalue weighted by atomic mass is 16.4. The third-order valence-corrected chi connectivity index (χ3v) is 2.38. The molecular formula is C11H13N5O2. The van der Waals surface area contributed by atoms with Crippen LogP contribution in [0.4, 0.5) is 17.2 Å². The van der Waals surface area contributed by atoms with Gasteiger partial charge in [0.15, 0.2) is 5.82 Å². The van der Waals surface area contributed by atoms with Crippen molar-refractivity contribution in [3.8, 4) is 0 Å². The number of aromatic nitrogens is 3. The summed E-state index contributed by atoms with van der Waals surface area (Å²) in [5.74, 6) is -0.643. The van der Waals surface area contributed by atoms with Crippen molar-refractivity contribution in [2.24, 2.45) is 0 Å². The average Bonchev–Trinajstić information content (AvgIpc) is 2.79. The molecule has 18 heavy (non-hydrogen) atoms. The normalized spacial score (nSPS) is 10.3. The summed E-state index contributed by atoms with van der Waals surface area (Å²) in [6.07, 6.45) is 4.72. The number of aryl methyl sites for hydroxylation is 1. The molecule has 2 rings (SSSR count).